The molecule has 2 aromatic carbocycles. The number of nitrogens with two attached hydrogens (primary N) is 1. The molecule has 0 bridgehead atoms. The Morgan fingerprint density at radius 2 is 2.00 bits per heavy atom. The van der Waals surface area contributed by atoms with E-state index in [4.69, 9.17) is 10.5 Å². The van der Waals surface area contributed by atoms with Gasteiger partial charge in [0.15, 0.2) is 0 Å². The fourth-order valence-corrected chi connectivity index (χ4v) is 2.47. The minimum Gasteiger partial charge on any atom is -0.462 e. The smallest absolute Gasteiger partial charge is 0.340 e. The van der Waals surface area contributed by atoms with Crippen LogP contribution >= 0.6 is 0 Å². The van der Waals surface area contributed by atoms with Crippen LogP contribution < -0.4 is 11.1 Å². The fourth-order valence-electron chi connectivity index (χ4n) is 2.47. The number of nitrogens with one attached hydrogen (secondary N) is 1. The second-order valence-electron chi connectivity index (χ2n) is 5.10. The number of benzene rings is 2. The Bertz CT molecular complexity index is 907. The third kappa shape index (κ3) is 2.86. The molecule has 1 heterocycles. The molecule has 0 saturated heterocycles. The molecule has 0 atom stereocenters. The van der Waals surface area contributed by atoms with Crippen molar-refractivity contribution in [1.82, 2.24) is 4.98 Å². The Labute approximate surface area is 138 Å². The highest BCUT2D eigenvalue weighted by molar-refractivity contribution is 6.00. The average molecular weight is 325 g/mol. The molecule has 0 aliphatic rings. The minimum atomic E-state index is -0.496. The van der Waals surface area contributed by atoms with Crippen LogP contribution in [0.25, 0.3) is 10.9 Å². The van der Waals surface area contributed by atoms with Crippen molar-refractivity contribution in [2.75, 3.05) is 17.7 Å². The van der Waals surface area contributed by atoms with Crippen LogP contribution in [-0.4, -0.2) is 17.6 Å². The molecule has 122 valence electrons. The highest BCUT2D eigenvalue weighted by atomic mass is 19.1. The summed E-state index contributed by atoms with van der Waals surface area (Å²) in [6, 6.07) is 11.3. The highest BCUT2D eigenvalue weighted by Gasteiger charge is 2.15. The quantitative estimate of drug-likeness (QED) is 0.562. The van der Waals surface area contributed by atoms with E-state index in [0.29, 0.717) is 22.3 Å². The number of nitrogen functional groups attached to an aromatic ring is 1. The first-order chi connectivity index (χ1) is 11.6. The van der Waals surface area contributed by atoms with E-state index in [1.165, 1.54) is 6.07 Å². The molecular weight excluding hydrogens is 309 g/mol. The van der Waals surface area contributed by atoms with E-state index in [-0.39, 0.29) is 23.7 Å². The summed E-state index contributed by atoms with van der Waals surface area (Å²) in [7, 11) is 0. The van der Waals surface area contributed by atoms with E-state index in [9.17, 15) is 9.18 Å². The molecule has 0 aliphatic carbocycles. The molecular formula is C18H16FN3O2. The summed E-state index contributed by atoms with van der Waals surface area (Å²) >= 11 is 0. The number of esters is 1. The van der Waals surface area contributed by atoms with Gasteiger partial charge < -0.3 is 15.8 Å². The largest absolute Gasteiger partial charge is 0.462 e. The van der Waals surface area contributed by atoms with Crippen molar-refractivity contribution in [3.63, 3.8) is 0 Å². The molecule has 0 amide bonds. The van der Waals surface area contributed by atoms with Crippen molar-refractivity contribution in [1.29, 1.82) is 0 Å². The molecule has 0 unspecified atom stereocenters. The van der Waals surface area contributed by atoms with E-state index in [1.807, 2.05) is 0 Å². The van der Waals surface area contributed by atoms with Gasteiger partial charge in [-0.05, 0) is 37.3 Å². The Kier molecular flexibility index (Phi) is 4.29. The normalized spacial score (nSPS) is 10.6. The summed E-state index contributed by atoms with van der Waals surface area (Å²) in [4.78, 5) is 16.1. The maximum atomic E-state index is 14.2. The number of rotatable bonds is 4. The minimum absolute atomic E-state index is 0.247. The molecule has 5 nitrogen and oxygen atoms in total. The first kappa shape index (κ1) is 15.7. The lowest BCUT2D eigenvalue weighted by atomic mass is 10.1. The maximum absolute atomic E-state index is 14.2. The molecule has 3 N–H and O–H groups in total. The average Bonchev–Trinajstić information content (AvgIpc) is 2.57. The molecule has 0 radical (unpaired) electrons. The maximum Gasteiger partial charge on any atom is 0.340 e. The van der Waals surface area contributed by atoms with Crippen LogP contribution in [0.5, 0.6) is 0 Å². The van der Waals surface area contributed by atoms with Gasteiger partial charge in [-0.1, -0.05) is 12.1 Å². The zero-order chi connectivity index (χ0) is 17.1. The number of hydrogen-bond donors (Lipinski definition) is 2. The first-order valence-electron chi connectivity index (χ1n) is 7.47. The van der Waals surface area contributed by atoms with Crippen molar-refractivity contribution >= 4 is 33.9 Å². The van der Waals surface area contributed by atoms with E-state index in [0.717, 1.165) is 0 Å². The molecule has 24 heavy (non-hydrogen) atoms. The fraction of sp³-hybridized carbons (Fsp3) is 0.111. The second kappa shape index (κ2) is 6.54. The third-order valence-electron chi connectivity index (χ3n) is 3.59. The number of hydrogen-bond acceptors (Lipinski definition) is 5. The number of ether oxygens (including phenoxy) is 1. The lowest BCUT2D eigenvalue weighted by Crippen LogP contribution is -2.09. The molecule has 3 rings (SSSR count). The van der Waals surface area contributed by atoms with Gasteiger partial charge in [0.05, 0.1) is 40.1 Å². The topological polar surface area (TPSA) is 77.2 Å². The summed E-state index contributed by atoms with van der Waals surface area (Å²) in [5.74, 6) is -0.882. The van der Waals surface area contributed by atoms with Gasteiger partial charge in [0, 0.05) is 6.20 Å². The van der Waals surface area contributed by atoms with Gasteiger partial charge in [-0.15, -0.1) is 0 Å². The van der Waals surface area contributed by atoms with E-state index >= 15 is 0 Å². The second-order valence-corrected chi connectivity index (χ2v) is 5.10. The third-order valence-corrected chi connectivity index (χ3v) is 3.59. The zero-order valence-electron chi connectivity index (χ0n) is 13.0. The number of aromatic nitrogens is 1. The van der Waals surface area contributed by atoms with Crippen molar-refractivity contribution in [3.05, 3.63) is 60.0 Å². The molecule has 0 spiro atoms. The summed E-state index contributed by atoms with van der Waals surface area (Å²) in [5.41, 5.74) is 8.13. The molecule has 0 fully saturated rings. The van der Waals surface area contributed by atoms with Crippen LogP contribution in [0.15, 0.2) is 48.7 Å². The lowest BCUT2D eigenvalue weighted by molar-refractivity contribution is 0.0527. The van der Waals surface area contributed by atoms with Gasteiger partial charge in [0.2, 0.25) is 0 Å². The SMILES string of the molecule is CCOC(=O)c1cccc(Nc2ccnc3cccc(F)c23)c1N. The van der Waals surface area contributed by atoms with Crippen molar-refractivity contribution in [3.8, 4) is 0 Å². The van der Waals surface area contributed by atoms with E-state index in [2.05, 4.69) is 10.3 Å². The summed E-state index contributed by atoms with van der Waals surface area (Å²) in [6.07, 6.45) is 1.58. The predicted octanol–water partition coefficient (Wildman–Crippen LogP) is 3.88. The highest BCUT2D eigenvalue weighted by Crippen LogP contribution is 2.31. The number of anilines is 3. The monoisotopic (exact) mass is 325 g/mol. The van der Waals surface area contributed by atoms with Crippen LogP contribution in [0.1, 0.15) is 17.3 Å². The summed E-state index contributed by atoms with van der Waals surface area (Å²) in [6.45, 7) is 1.98. The number of halogens is 1. The number of para-hydroxylation sites is 1. The number of pyridine rings is 1. The molecule has 0 aliphatic heterocycles. The number of carbonyl (C=O) groups excluding carboxylic acids is 1. The Hall–Kier alpha value is -3.15. The number of fused-ring (bicyclic) bond motifs is 1. The van der Waals surface area contributed by atoms with Gasteiger partial charge in [-0.3, -0.25) is 4.98 Å². The lowest BCUT2D eigenvalue weighted by Gasteiger charge is -2.14. The summed E-state index contributed by atoms with van der Waals surface area (Å²) < 4.78 is 19.2. The Morgan fingerprint density at radius 1 is 1.21 bits per heavy atom. The van der Waals surface area contributed by atoms with Gasteiger partial charge in [-0.2, -0.15) is 0 Å². The zero-order valence-corrected chi connectivity index (χ0v) is 13.0. The van der Waals surface area contributed by atoms with E-state index in [1.54, 1.807) is 49.5 Å². The van der Waals surface area contributed by atoms with Crippen LogP contribution in [0, 0.1) is 5.82 Å². The van der Waals surface area contributed by atoms with Crippen molar-refractivity contribution in [2.24, 2.45) is 0 Å². The molecule has 3 aromatic rings. The Balaban J connectivity index is 2.04. The van der Waals surface area contributed by atoms with Gasteiger partial charge in [0.1, 0.15) is 5.82 Å². The molecule has 0 saturated carbocycles. The van der Waals surface area contributed by atoms with Crippen LogP contribution in [-0.2, 0) is 4.74 Å². The number of nitrogens with zero attached hydrogens (tertiary/aromatic N) is 1. The van der Waals surface area contributed by atoms with Gasteiger partial charge in [-0.25, -0.2) is 9.18 Å². The van der Waals surface area contributed by atoms with E-state index < -0.39 is 5.97 Å². The van der Waals surface area contributed by atoms with Crippen LogP contribution in [0.3, 0.4) is 0 Å². The number of carbonyl (C=O) groups is 1. The van der Waals surface area contributed by atoms with Crippen LogP contribution in [0.4, 0.5) is 21.5 Å². The molecule has 6 heteroatoms. The van der Waals surface area contributed by atoms with Crippen molar-refractivity contribution < 1.29 is 13.9 Å². The standard InChI is InChI=1S/C18H16FN3O2/c1-2-24-18(23)11-5-3-8-15(17(11)20)22-14-9-10-21-13-7-4-6-12(19)16(13)14/h3-10H,2,20H2,1H3,(H,21,22). The van der Waals surface area contributed by atoms with Gasteiger partial charge >= 0.3 is 5.97 Å². The van der Waals surface area contributed by atoms with Crippen LogP contribution in [0.2, 0.25) is 0 Å². The van der Waals surface area contributed by atoms with Crippen molar-refractivity contribution in [2.45, 2.75) is 6.92 Å². The first-order valence-corrected chi connectivity index (χ1v) is 7.47. The Morgan fingerprint density at radius 3 is 2.79 bits per heavy atom. The van der Waals surface area contributed by atoms with Gasteiger partial charge in [0.25, 0.3) is 0 Å². The molecule has 1 aromatic heterocycles. The predicted molar refractivity (Wildman–Crippen MR) is 91.8 cm³/mol. The summed E-state index contributed by atoms with van der Waals surface area (Å²) in [5, 5.41) is 3.44.